The molecule has 6 aliphatic rings. The van der Waals surface area contributed by atoms with Crippen molar-refractivity contribution in [1.82, 2.24) is 9.13 Å². The van der Waals surface area contributed by atoms with E-state index in [4.69, 9.17) is 0 Å². The molecule has 0 radical (unpaired) electrons. The zero-order valence-electron chi connectivity index (χ0n) is 48.6. The van der Waals surface area contributed by atoms with Crippen LogP contribution in [0, 0.1) is 0 Å². The Labute approximate surface area is 463 Å². The van der Waals surface area contributed by atoms with Crippen LogP contribution >= 0.6 is 0 Å². The molecule has 10 aromatic rings. The third-order valence-corrected chi connectivity index (χ3v) is 21.3. The van der Waals surface area contributed by atoms with Gasteiger partial charge in [0, 0.05) is 44.1 Å². The van der Waals surface area contributed by atoms with E-state index in [9.17, 15) is 0 Å². The van der Waals surface area contributed by atoms with Crippen molar-refractivity contribution in [3.05, 3.63) is 195 Å². The predicted octanol–water partition coefficient (Wildman–Crippen LogP) is 17.2. The van der Waals surface area contributed by atoms with Gasteiger partial charge in [-0.3, -0.25) is 0 Å². The molecule has 0 bridgehead atoms. The third kappa shape index (κ3) is 5.57. The van der Waals surface area contributed by atoms with Crippen LogP contribution in [0.5, 0.6) is 0 Å². The summed E-state index contributed by atoms with van der Waals surface area (Å²) in [7, 11) is 0. The van der Waals surface area contributed by atoms with Crippen LogP contribution in [0.1, 0.15) is 178 Å². The number of hydrogen-bond donors (Lipinski definition) is 0. The summed E-state index contributed by atoms with van der Waals surface area (Å²) in [6.07, 6.45) is 4.65. The topological polar surface area (TPSA) is 9.86 Å². The van der Waals surface area contributed by atoms with E-state index in [1.807, 2.05) is 0 Å². The Morgan fingerprint density at radius 2 is 0.949 bits per heavy atom. The maximum atomic E-state index is 2.92. The van der Waals surface area contributed by atoms with Crippen molar-refractivity contribution in [3.63, 3.8) is 0 Å². The molecule has 0 atom stereocenters. The lowest BCUT2D eigenvalue weighted by atomic mass is 9.33. The molecule has 78 heavy (non-hydrogen) atoms. The van der Waals surface area contributed by atoms with Gasteiger partial charge in [0.1, 0.15) is 0 Å². The van der Waals surface area contributed by atoms with Crippen molar-refractivity contribution >= 4 is 55.8 Å². The van der Waals surface area contributed by atoms with Gasteiger partial charge in [-0.05, 0) is 159 Å². The van der Waals surface area contributed by atoms with Gasteiger partial charge in [-0.1, -0.05) is 230 Å². The van der Waals surface area contributed by atoms with Crippen LogP contribution < -0.4 is 16.4 Å². The Morgan fingerprint density at radius 3 is 1.53 bits per heavy atom. The molecule has 0 amide bonds. The number of benzene rings is 8. The molecule has 3 heteroatoms. The number of nitrogens with zero attached hydrogens (tertiary/aromatic N) is 2. The van der Waals surface area contributed by atoms with Gasteiger partial charge < -0.3 is 9.13 Å². The Bertz CT molecular complexity index is 4330. The molecule has 0 fully saturated rings. The normalized spacial score (nSPS) is 18.7. The summed E-state index contributed by atoms with van der Waals surface area (Å²) in [6, 6.07) is 56.4. The van der Waals surface area contributed by atoms with E-state index in [2.05, 4.69) is 246 Å². The molecular weight excluding hydrogens is 940 g/mol. The van der Waals surface area contributed by atoms with Crippen LogP contribution in [0.4, 0.5) is 0 Å². The summed E-state index contributed by atoms with van der Waals surface area (Å²) in [6.45, 7) is 34.6. The third-order valence-electron chi connectivity index (χ3n) is 21.3. The lowest BCUT2D eigenvalue weighted by Crippen LogP contribution is -2.61. The first-order valence-corrected chi connectivity index (χ1v) is 29.5. The number of aromatic nitrogens is 2. The molecule has 0 N–H and O–H groups in total. The van der Waals surface area contributed by atoms with Gasteiger partial charge in [-0.15, -0.1) is 0 Å². The van der Waals surface area contributed by atoms with Gasteiger partial charge in [-0.25, -0.2) is 0 Å². The van der Waals surface area contributed by atoms with Crippen LogP contribution in [0.2, 0.25) is 0 Å². The van der Waals surface area contributed by atoms with Gasteiger partial charge in [0.05, 0.1) is 16.6 Å². The Kier molecular flexibility index (Phi) is 8.77. The average Bonchev–Trinajstić information content (AvgIpc) is 1.75. The maximum Gasteiger partial charge on any atom is 0.252 e. The summed E-state index contributed by atoms with van der Waals surface area (Å²) in [5.74, 6) is 0. The minimum Gasteiger partial charge on any atom is -0.310 e. The Morgan fingerprint density at radius 1 is 0.423 bits per heavy atom. The maximum absolute atomic E-state index is 2.92. The molecule has 16 rings (SSSR count). The number of para-hydroxylation sites is 1. The standard InChI is InChI=1S/C75H73BN2/c1-69(2,3)44-30-26-42(27-31-44)58-48-22-19-25-55-65(48)77(64(58)43-28-32-45(33-29-43)70(4,5)6)57-35-34-51-67-63(57)76(55)56-41-53-62(74(13,14)39-37-72(53,9)10)60-59-61-52(71(7,8)36-38-73(61,11)12)40-54(66(59)78(67)68(56)60)75(51)49-23-17-15-20-46(49)47-21-16-18-24-50(47)75/h15-35,40-41H,36-39H2,1-14H3. The van der Waals surface area contributed by atoms with E-state index < -0.39 is 5.41 Å². The molecule has 3 aliphatic carbocycles. The van der Waals surface area contributed by atoms with E-state index in [1.165, 1.54) is 123 Å². The Hall–Kier alpha value is -6.84. The lowest BCUT2D eigenvalue weighted by Gasteiger charge is -2.47. The molecule has 5 heterocycles. The van der Waals surface area contributed by atoms with Crippen molar-refractivity contribution in [3.8, 4) is 44.9 Å². The molecular formula is C75H73BN2. The monoisotopic (exact) mass is 1010 g/mol. The van der Waals surface area contributed by atoms with Gasteiger partial charge in [0.15, 0.2) is 0 Å². The van der Waals surface area contributed by atoms with Gasteiger partial charge in [0.25, 0.3) is 6.71 Å². The van der Waals surface area contributed by atoms with Crippen LogP contribution in [0.25, 0.3) is 77.6 Å². The van der Waals surface area contributed by atoms with Crippen molar-refractivity contribution in [1.29, 1.82) is 0 Å². The first-order valence-electron chi connectivity index (χ1n) is 29.5. The minimum absolute atomic E-state index is 0.00417. The smallest absolute Gasteiger partial charge is 0.252 e. The first kappa shape index (κ1) is 47.2. The van der Waals surface area contributed by atoms with Gasteiger partial charge >= 0.3 is 0 Å². The first-order chi connectivity index (χ1) is 37.0. The van der Waals surface area contributed by atoms with Crippen molar-refractivity contribution in [2.75, 3.05) is 0 Å². The minimum atomic E-state index is -0.557. The molecule has 8 aromatic carbocycles. The predicted molar refractivity (Wildman–Crippen MR) is 332 cm³/mol. The van der Waals surface area contributed by atoms with E-state index in [1.54, 1.807) is 33.0 Å². The summed E-state index contributed by atoms with van der Waals surface area (Å²) in [5.41, 5.74) is 33.3. The van der Waals surface area contributed by atoms with Crippen molar-refractivity contribution < 1.29 is 0 Å². The fourth-order valence-corrected chi connectivity index (χ4v) is 17.1. The van der Waals surface area contributed by atoms with Crippen molar-refractivity contribution in [2.24, 2.45) is 0 Å². The lowest BCUT2D eigenvalue weighted by molar-refractivity contribution is 0.333. The highest BCUT2D eigenvalue weighted by molar-refractivity contribution is 7.00. The highest BCUT2D eigenvalue weighted by Gasteiger charge is 2.57. The molecule has 0 unspecified atom stereocenters. The van der Waals surface area contributed by atoms with E-state index in [0.29, 0.717) is 0 Å². The highest BCUT2D eigenvalue weighted by Crippen LogP contribution is 2.65. The second-order valence-electron chi connectivity index (χ2n) is 29.7. The second-order valence-corrected chi connectivity index (χ2v) is 29.7. The average molecular weight is 1010 g/mol. The summed E-state index contributed by atoms with van der Waals surface area (Å²) < 4.78 is 5.67. The fraction of sp³-hybridized carbons (Fsp3) is 0.333. The highest BCUT2D eigenvalue weighted by atomic mass is 15.1. The SMILES string of the molecule is CC(C)(C)c1ccc(-c2c(-c3ccc(C(C)(C)C)cc3)n3c4c(cccc24)B2c4c-3ccc3c4-n4c5c2cc2c(c5c5c6c(cc(c54)C34c3ccccc3-c3ccccc34)C(C)(C)CCC6(C)C)C(C)(C)CCC2(C)C)cc1. The fourth-order valence-electron chi connectivity index (χ4n) is 17.1. The van der Waals surface area contributed by atoms with E-state index in [0.717, 1.165) is 19.3 Å². The Balaban J connectivity index is 1.16. The van der Waals surface area contributed by atoms with E-state index in [-0.39, 0.29) is 39.2 Å². The van der Waals surface area contributed by atoms with Crippen LogP contribution in [0.3, 0.4) is 0 Å². The zero-order valence-corrected chi connectivity index (χ0v) is 48.6. The molecule has 3 aliphatic heterocycles. The van der Waals surface area contributed by atoms with E-state index >= 15 is 0 Å². The largest absolute Gasteiger partial charge is 0.310 e. The molecule has 2 aromatic heterocycles. The quantitative estimate of drug-likeness (QED) is 0.153. The zero-order chi connectivity index (χ0) is 53.9. The number of fused-ring (bicyclic) bond motifs is 15. The van der Waals surface area contributed by atoms with Crippen LogP contribution in [0.15, 0.2) is 140 Å². The van der Waals surface area contributed by atoms with Gasteiger partial charge in [-0.2, -0.15) is 0 Å². The summed E-state index contributed by atoms with van der Waals surface area (Å²) in [5, 5.41) is 4.41. The second kappa shape index (κ2) is 14.5. The van der Waals surface area contributed by atoms with Crippen LogP contribution in [-0.2, 0) is 37.9 Å². The van der Waals surface area contributed by atoms with Gasteiger partial charge in [0.2, 0.25) is 0 Å². The van der Waals surface area contributed by atoms with Crippen molar-refractivity contribution in [2.45, 2.75) is 161 Å². The molecule has 386 valence electrons. The molecule has 2 nitrogen and oxygen atoms in total. The molecule has 1 spiro atoms. The summed E-state index contributed by atoms with van der Waals surface area (Å²) >= 11 is 0. The molecule has 0 saturated carbocycles. The number of hydrogen-bond acceptors (Lipinski definition) is 0. The van der Waals surface area contributed by atoms with Crippen LogP contribution in [-0.4, -0.2) is 15.8 Å². The molecule has 0 saturated heterocycles. The number of rotatable bonds is 2. The summed E-state index contributed by atoms with van der Waals surface area (Å²) in [4.78, 5) is 0.